The summed E-state index contributed by atoms with van der Waals surface area (Å²) in [5.74, 6) is 2.61. The molecule has 0 spiro atoms. The van der Waals surface area contributed by atoms with Gasteiger partial charge < -0.3 is 35.7 Å². The van der Waals surface area contributed by atoms with E-state index in [2.05, 4.69) is 54.0 Å². The van der Waals surface area contributed by atoms with Crippen molar-refractivity contribution in [1.29, 1.82) is 0 Å². The maximum atomic E-state index is 6.57. The molecular weight excluding hydrogens is 694 g/mol. The molecule has 1 aromatic carbocycles. The zero-order chi connectivity index (χ0) is 36.4. The third kappa shape index (κ3) is 31.1. The minimum Gasteiger partial charge on any atom is -1.00 e. The first-order chi connectivity index (χ1) is 24.4. The number of quaternary nitrogens is 1. The first-order valence-electron chi connectivity index (χ1n) is 22.3. The molecule has 0 saturated heterocycles. The van der Waals surface area contributed by atoms with Crippen LogP contribution < -0.4 is 31.2 Å². The first-order valence-corrected chi connectivity index (χ1v) is 22.3. The van der Waals surface area contributed by atoms with Crippen molar-refractivity contribution in [1.82, 2.24) is 0 Å². The van der Waals surface area contributed by atoms with E-state index in [-0.39, 0.29) is 17.0 Å². The van der Waals surface area contributed by atoms with Gasteiger partial charge in [0.2, 0.25) is 5.75 Å². The molecule has 0 radical (unpaired) electrons. The molecule has 0 aliphatic heterocycles. The van der Waals surface area contributed by atoms with E-state index in [9.17, 15) is 0 Å². The van der Waals surface area contributed by atoms with Gasteiger partial charge in [0, 0.05) is 5.56 Å². The minimum atomic E-state index is 0. The van der Waals surface area contributed by atoms with Crippen molar-refractivity contribution in [3.05, 3.63) is 17.7 Å². The smallest absolute Gasteiger partial charge is 0.203 e. The van der Waals surface area contributed by atoms with Crippen molar-refractivity contribution in [3.63, 3.8) is 0 Å². The highest BCUT2D eigenvalue weighted by Gasteiger charge is 2.19. The fourth-order valence-corrected chi connectivity index (χ4v) is 6.93. The third-order valence-corrected chi connectivity index (χ3v) is 9.99. The Morgan fingerprint density at radius 1 is 0.373 bits per heavy atom. The fraction of sp³-hybridized carbons (Fsp3) is 0.870. The standard InChI is InChI=1S/C46H88NO3.BrH/c1-7-10-13-16-19-22-25-28-31-34-37-48-44-40-43(42-47(4,5)6)41-45(49-38-35-32-29-26-23-20-17-14-11-8-2)46(44)50-39-36-33-30-27-24-21-18-15-12-9-3;/h40-41H,7-39,42H2,1-6H3;1H/q+1;/p-1. The molecule has 0 heterocycles. The summed E-state index contributed by atoms with van der Waals surface area (Å²) in [5.41, 5.74) is 1.26. The second-order valence-corrected chi connectivity index (χ2v) is 16.5. The molecule has 0 bridgehead atoms. The van der Waals surface area contributed by atoms with E-state index in [1.165, 1.54) is 179 Å². The number of unbranched alkanes of at least 4 members (excludes halogenated alkanes) is 27. The number of nitrogens with zero attached hydrogens (tertiary/aromatic N) is 1. The summed E-state index contributed by atoms with van der Waals surface area (Å²) in [5, 5.41) is 0. The van der Waals surface area contributed by atoms with Crippen LogP contribution in [0.1, 0.15) is 219 Å². The van der Waals surface area contributed by atoms with Gasteiger partial charge in [0.25, 0.3) is 0 Å². The zero-order valence-corrected chi connectivity index (χ0v) is 36.8. The van der Waals surface area contributed by atoms with Crippen LogP contribution in [0, 0.1) is 0 Å². The number of benzene rings is 1. The highest BCUT2D eigenvalue weighted by atomic mass is 79.9. The summed E-state index contributed by atoms with van der Waals surface area (Å²) in [7, 11) is 6.76. The second kappa shape index (κ2) is 36.1. The summed E-state index contributed by atoms with van der Waals surface area (Å²) < 4.78 is 20.5. The van der Waals surface area contributed by atoms with Crippen LogP contribution in [0.3, 0.4) is 0 Å². The molecule has 0 atom stereocenters. The van der Waals surface area contributed by atoms with Gasteiger partial charge in [-0.1, -0.05) is 194 Å². The molecule has 0 amide bonds. The highest BCUT2D eigenvalue weighted by Crippen LogP contribution is 2.40. The minimum absolute atomic E-state index is 0. The Kier molecular flexibility index (Phi) is 35.4. The van der Waals surface area contributed by atoms with E-state index in [4.69, 9.17) is 14.2 Å². The van der Waals surface area contributed by atoms with Crippen molar-refractivity contribution in [2.24, 2.45) is 0 Å². The number of ether oxygens (including phenoxy) is 3. The predicted molar refractivity (Wildman–Crippen MR) is 220 cm³/mol. The van der Waals surface area contributed by atoms with E-state index in [1.54, 1.807) is 0 Å². The monoisotopic (exact) mass is 782 g/mol. The van der Waals surface area contributed by atoms with Crippen LogP contribution in [0.5, 0.6) is 17.2 Å². The quantitative estimate of drug-likeness (QED) is 0.0494. The Balaban J connectivity index is 0.0000250. The van der Waals surface area contributed by atoms with Crippen molar-refractivity contribution >= 4 is 0 Å². The maximum absolute atomic E-state index is 6.57. The molecule has 0 fully saturated rings. The number of rotatable bonds is 38. The van der Waals surface area contributed by atoms with Crippen LogP contribution in [0.2, 0.25) is 0 Å². The summed E-state index contributed by atoms with van der Waals surface area (Å²) in [6, 6.07) is 4.47. The van der Waals surface area contributed by atoms with Crippen molar-refractivity contribution in [2.75, 3.05) is 41.0 Å². The topological polar surface area (TPSA) is 27.7 Å². The summed E-state index contributed by atoms with van der Waals surface area (Å²) >= 11 is 0. The van der Waals surface area contributed by atoms with Gasteiger partial charge in [-0.3, -0.25) is 0 Å². The van der Waals surface area contributed by atoms with Crippen LogP contribution in [-0.2, 0) is 6.54 Å². The largest absolute Gasteiger partial charge is 1.00 e. The summed E-state index contributed by atoms with van der Waals surface area (Å²) in [4.78, 5) is 0. The molecule has 0 saturated carbocycles. The van der Waals surface area contributed by atoms with Gasteiger partial charge in [-0.05, 0) is 31.4 Å². The van der Waals surface area contributed by atoms with Crippen LogP contribution >= 0.6 is 0 Å². The average molecular weight is 783 g/mol. The van der Waals surface area contributed by atoms with E-state index in [0.717, 1.165) is 67.4 Å². The third-order valence-electron chi connectivity index (χ3n) is 9.99. The van der Waals surface area contributed by atoms with Gasteiger partial charge in [-0.15, -0.1) is 0 Å². The van der Waals surface area contributed by atoms with Gasteiger partial charge in [-0.25, -0.2) is 0 Å². The highest BCUT2D eigenvalue weighted by molar-refractivity contribution is 5.54. The number of hydrogen-bond donors (Lipinski definition) is 0. The van der Waals surface area contributed by atoms with Gasteiger partial charge in [0.15, 0.2) is 11.5 Å². The molecule has 4 nitrogen and oxygen atoms in total. The Labute approximate surface area is 330 Å². The fourth-order valence-electron chi connectivity index (χ4n) is 6.93. The Bertz CT molecular complexity index is 824. The molecule has 51 heavy (non-hydrogen) atoms. The molecule has 1 aromatic rings. The zero-order valence-electron chi connectivity index (χ0n) is 35.2. The number of halogens is 1. The van der Waals surface area contributed by atoms with Gasteiger partial charge >= 0.3 is 0 Å². The predicted octanol–water partition coefficient (Wildman–Crippen LogP) is 11.8. The van der Waals surface area contributed by atoms with Gasteiger partial charge in [-0.2, -0.15) is 0 Å². The Morgan fingerprint density at radius 3 is 0.902 bits per heavy atom. The van der Waals surface area contributed by atoms with Crippen LogP contribution in [-0.4, -0.2) is 45.4 Å². The lowest BCUT2D eigenvalue weighted by Gasteiger charge is -2.25. The van der Waals surface area contributed by atoms with Crippen LogP contribution in [0.15, 0.2) is 12.1 Å². The average Bonchev–Trinajstić information content (AvgIpc) is 3.08. The first kappa shape index (κ1) is 50.1. The van der Waals surface area contributed by atoms with E-state index in [1.807, 2.05) is 0 Å². The van der Waals surface area contributed by atoms with Crippen molar-refractivity contribution in [2.45, 2.75) is 220 Å². The Morgan fingerprint density at radius 2 is 0.627 bits per heavy atom. The lowest BCUT2D eigenvalue weighted by atomic mass is 10.1. The molecule has 5 heteroatoms. The molecule has 0 aromatic heterocycles. The molecule has 0 unspecified atom stereocenters. The second-order valence-electron chi connectivity index (χ2n) is 16.5. The van der Waals surface area contributed by atoms with Crippen LogP contribution in [0.4, 0.5) is 0 Å². The van der Waals surface area contributed by atoms with Crippen molar-refractivity contribution in [3.8, 4) is 17.2 Å². The summed E-state index contributed by atoms with van der Waals surface area (Å²) in [6.45, 7) is 10.0. The van der Waals surface area contributed by atoms with Crippen molar-refractivity contribution < 1.29 is 35.7 Å². The SMILES string of the molecule is CCCCCCCCCCCCOc1cc(C[N+](C)(C)C)cc(OCCCCCCCCCCCC)c1OCCCCCCCCCCCC.[Br-]. The molecular formula is C46H88BrNO3. The van der Waals surface area contributed by atoms with Crippen LogP contribution in [0.25, 0.3) is 0 Å². The van der Waals surface area contributed by atoms with Gasteiger partial charge in [0.1, 0.15) is 6.54 Å². The molecule has 0 N–H and O–H groups in total. The lowest BCUT2D eigenvalue weighted by molar-refractivity contribution is -0.884. The molecule has 0 aliphatic rings. The van der Waals surface area contributed by atoms with E-state index < -0.39 is 0 Å². The normalized spacial score (nSPS) is 11.5. The van der Waals surface area contributed by atoms with E-state index in [0.29, 0.717) is 0 Å². The molecule has 0 aliphatic carbocycles. The molecule has 1 rings (SSSR count). The lowest BCUT2D eigenvalue weighted by Crippen LogP contribution is -3.00. The maximum Gasteiger partial charge on any atom is 0.203 e. The summed E-state index contributed by atoms with van der Waals surface area (Å²) in [6.07, 6.45) is 40.0. The Hall–Kier alpha value is -0.940. The van der Waals surface area contributed by atoms with Gasteiger partial charge in [0.05, 0.1) is 41.0 Å². The van der Waals surface area contributed by atoms with E-state index >= 15 is 0 Å². The number of hydrogen-bond acceptors (Lipinski definition) is 3. The molecule has 302 valence electrons.